The molecule has 1 heterocycles. The molecule has 0 amide bonds. The number of hydrogen-bond donors (Lipinski definition) is 3. The van der Waals surface area contributed by atoms with E-state index in [4.69, 9.17) is 10.2 Å². The Morgan fingerprint density at radius 1 is 1.47 bits per heavy atom. The number of hydrogen-bond acceptors (Lipinski definition) is 6. The molecule has 2 unspecified atom stereocenters. The number of sulfone groups is 1. The molecular weight excluding hydrogens is 250 g/mol. The van der Waals surface area contributed by atoms with Crippen LogP contribution in [0.25, 0.3) is 0 Å². The number of aliphatic hydroxyl groups is 2. The fraction of sp³-hybridized carbons (Fsp3) is 0.889. The summed E-state index contributed by atoms with van der Waals surface area (Å²) >= 11 is 0. The maximum absolute atomic E-state index is 11.3. The highest BCUT2D eigenvalue weighted by atomic mass is 32.2. The maximum atomic E-state index is 11.3. The van der Waals surface area contributed by atoms with Crippen molar-refractivity contribution in [3.8, 4) is 0 Å². The van der Waals surface area contributed by atoms with Gasteiger partial charge in [0.2, 0.25) is 0 Å². The molecule has 1 aliphatic heterocycles. The van der Waals surface area contributed by atoms with Crippen LogP contribution < -0.4 is 0 Å². The number of aliphatic hydroxyl groups excluding tert-OH is 2. The summed E-state index contributed by atoms with van der Waals surface area (Å²) < 4.78 is 22.6. The number of carbonyl (C=O) groups is 1. The van der Waals surface area contributed by atoms with Crippen molar-refractivity contribution >= 4 is 15.8 Å². The van der Waals surface area contributed by atoms with Gasteiger partial charge < -0.3 is 15.3 Å². The monoisotopic (exact) mass is 267 g/mol. The van der Waals surface area contributed by atoms with Crippen LogP contribution in [0.15, 0.2) is 0 Å². The summed E-state index contributed by atoms with van der Waals surface area (Å²) in [6, 6.07) is -0.391. The van der Waals surface area contributed by atoms with Gasteiger partial charge in [-0.3, -0.25) is 9.69 Å². The van der Waals surface area contributed by atoms with Crippen molar-refractivity contribution in [2.24, 2.45) is 0 Å². The van der Waals surface area contributed by atoms with Crippen molar-refractivity contribution in [2.75, 3.05) is 31.2 Å². The molecule has 1 fully saturated rings. The first-order valence-corrected chi connectivity index (χ1v) is 7.11. The predicted molar refractivity (Wildman–Crippen MR) is 59.4 cm³/mol. The SMILES string of the molecule is O=C(O)CN(CC(O)CO)C1CCS(=O)(=O)C1. The van der Waals surface area contributed by atoms with E-state index >= 15 is 0 Å². The Balaban J connectivity index is 2.66. The number of rotatable bonds is 6. The third-order valence-corrected chi connectivity index (χ3v) is 4.47. The maximum Gasteiger partial charge on any atom is 0.317 e. The van der Waals surface area contributed by atoms with E-state index in [-0.39, 0.29) is 24.6 Å². The number of nitrogens with zero attached hydrogens (tertiary/aromatic N) is 1. The molecule has 8 heteroatoms. The molecule has 3 N–H and O–H groups in total. The fourth-order valence-electron chi connectivity index (χ4n) is 1.91. The summed E-state index contributed by atoms with van der Waals surface area (Å²) in [5, 5.41) is 26.7. The van der Waals surface area contributed by atoms with E-state index in [1.807, 2.05) is 0 Å². The molecule has 2 atom stereocenters. The van der Waals surface area contributed by atoms with Gasteiger partial charge >= 0.3 is 5.97 Å². The minimum Gasteiger partial charge on any atom is -0.480 e. The van der Waals surface area contributed by atoms with E-state index in [2.05, 4.69) is 0 Å². The Hall–Kier alpha value is -0.700. The molecule has 0 aromatic heterocycles. The Labute approximate surface area is 99.6 Å². The second kappa shape index (κ2) is 5.76. The molecule has 0 aliphatic carbocycles. The standard InChI is InChI=1S/C9H17NO6S/c11-5-8(12)3-10(4-9(13)14)7-1-2-17(15,16)6-7/h7-8,11-12H,1-6H2,(H,13,14). The number of aliphatic carboxylic acids is 1. The zero-order chi connectivity index (χ0) is 13.1. The Morgan fingerprint density at radius 2 is 2.12 bits per heavy atom. The largest absolute Gasteiger partial charge is 0.480 e. The van der Waals surface area contributed by atoms with E-state index in [1.54, 1.807) is 0 Å². The molecular formula is C9H17NO6S. The Bertz CT molecular complexity index is 368. The first-order chi connectivity index (χ1) is 7.84. The summed E-state index contributed by atoms with van der Waals surface area (Å²) in [7, 11) is -3.10. The first-order valence-electron chi connectivity index (χ1n) is 5.29. The van der Waals surface area contributed by atoms with Crippen LogP contribution in [0.3, 0.4) is 0 Å². The van der Waals surface area contributed by atoms with Crippen LogP contribution in [0.5, 0.6) is 0 Å². The van der Waals surface area contributed by atoms with Gasteiger partial charge in [0.25, 0.3) is 0 Å². The van der Waals surface area contributed by atoms with Crippen molar-refractivity contribution in [1.82, 2.24) is 4.90 Å². The Morgan fingerprint density at radius 3 is 2.53 bits per heavy atom. The van der Waals surface area contributed by atoms with Crippen LogP contribution in [0, 0.1) is 0 Å². The van der Waals surface area contributed by atoms with Crippen molar-refractivity contribution in [3.05, 3.63) is 0 Å². The quantitative estimate of drug-likeness (QED) is 0.505. The van der Waals surface area contributed by atoms with Crippen LogP contribution in [-0.4, -0.2) is 78.0 Å². The molecule has 17 heavy (non-hydrogen) atoms. The summed E-state index contributed by atoms with van der Waals surface area (Å²) in [6.07, 6.45) is -0.689. The van der Waals surface area contributed by atoms with Gasteiger partial charge in [-0.1, -0.05) is 0 Å². The third-order valence-electron chi connectivity index (χ3n) is 2.72. The van der Waals surface area contributed by atoms with Crippen molar-refractivity contribution < 1.29 is 28.5 Å². The summed E-state index contributed by atoms with van der Waals surface area (Å²) in [6.45, 7) is -0.851. The second-order valence-electron chi connectivity index (χ2n) is 4.22. The predicted octanol–water partition coefficient (Wildman–Crippen LogP) is -2.09. The topological polar surface area (TPSA) is 115 Å². The minimum atomic E-state index is -3.10. The average molecular weight is 267 g/mol. The zero-order valence-electron chi connectivity index (χ0n) is 9.32. The van der Waals surface area contributed by atoms with E-state index < -0.39 is 34.6 Å². The molecule has 0 saturated carbocycles. The lowest BCUT2D eigenvalue weighted by Crippen LogP contribution is -2.45. The number of carboxylic acid groups (broad SMARTS) is 1. The molecule has 1 saturated heterocycles. The molecule has 0 aromatic carbocycles. The molecule has 100 valence electrons. The summed E-state index contributed by atoms with van der Waals surface area (Å²) in [5.41, 5.74) is 0. The van der Waals surface area contributed by atoms with E-state index in [0.717, 1.165) is 0 Å². The summed E-state index contributed by atoms with van der Waals surface area (Å²) in [4.78, 5) is 12.1. The van der Waals surface area contributed by atoms with E-state index in [1.165, 1.54) is 4.90 Å². The molecule has 7 nitrogen and oxygen atoms in total. The van der Waals surface area contributed by atoms with Gasteiger partial charge in [-0.15, -0.1) is 0 Å². The van der Waals surface area contributed by atoms with Crippen LogP contribution in [0.4, 0.5) is 0 Å². The van der Waals surface area contributed by atoms with Crippen LogP contribution in [-0.2, 0) is 14.6 Å². The Kier molecular flexibility index (Phi) is 4.87. The van der Waals surface area contributed by atoms with Crippen molar-refractivity contribution in [1.29, 1.82) is 0 Å². The molecule has 0 radical (unpaired) electrons. The van der Waals surface area contributed by atoms with Crippen LogP contribution in [0.1, 0.15) is 6.42 Å². The van der Waals surface area contributed by atoms with Crippen molar-refractivity contribution in [2.45, 2.75) is 18.6 Å². The lowest BCUT2D eigenvalue weighted by Gasteiger charge is -2.27. The normalized spacial score (nSPS) is 25.0. The van der Waals surface area contributed by atoms with Crippen LogP contribution >= 0.6 is 0 Å². The smallest absolute Gasteiger partial charge is 0.317 e. The highest BCUT2D eigenvalue weighted by Gasteiger charge is 2.33. The van der Waals surface area contributed by atoms with Gasteiger partial charge in [-0.25, -0.2) is 8.42 Å². The third kappa shape index (κ3) is 4.58. The zero-order valence-corrected chi connectivity index (χ0v) is 10.1. The number of carboxylic acids is 1. The van der Waals surface area contributed by atoms with E-state index in [9.17, 15) is 18.3 Å². The highest BCUT2D eigenvalue weighted by molar-refractivity contribution is 7.91. The van der Waals surface area contributed by atoms with Gasteiger partial charge in [-0.05, 0) is 6.42 Å². The van der Waals surface area contributed by atoms with Gasteiger partial charge in [-0.2, -0.15) is 0 Å². The lowest BCUT2D eigenvalue weighted by atomic mass is 10.2. The molecule has 0 spiro atoms. The summed E-state index contributed by atoms with van der Waals surface area (Å²) in [5.74, 6) is -1.12. The lowest BCUT2D eigenvalue weighted by molar-refractivity contribution is -0.139. The first kappa shape index (κ1) is 14.4. The van der Waals surface area contributed by atoms with Crippen LogP contribution in [0.2, 0.25) is 0 Å². The average Bonchev–Trinajstić information content (AvgIpc) is 2.57. The second-order valence-corrected chi connectivity index (χ2v) is 6.45. The molecule has 0 aromatic rings. The minimum absolute atomic E-state index is 0.0387. The molecule has 1 aliphatic rings. The molecule has 0 bridgehead atoms. The van der Waals surface area contributed by atoms with Crippen molar-refractivity contribution in [3.63, 3.8) is 0 Å². The van der Waals surface area contributed by atoms with Gasteiger partial charge in [0.05, 0.1) is 30.8 Å². The van der Waals surface area contributed by atoms with E-state index in [0.29, 0.717) is 6.42 Å². The van der Waals surface area contributed by atoms with Gasteiger partial charge in [0.15, 0.2) is 9.84 Å². The fourth-order valence-corrected chi connectivity index (χ4v) is 3.67. The molecule has 1 rings (SSSR count). The van der Waals surface area contributed by atoms with Gasteiger partial charge in [0.1, 0.15) is 0 Å². The highest BCUT2D eigenvalue weighted by Crippen LogP contribution is 2.17. The van der Waals surface area contributed by atoms with Gasteiger partial charge in [0, 0.05) is 12.6 Å².